The SMILES string of the molecule is CNC(=O)C(C)CN(C)S(=O)(=O)c1cccc(N)c1. The monoisotopic (exact) mass is 285 g/mol. The van der Waals surface area contributed by atoms with E-state index >= 15 is 0 Å². The first-order valence-electron chi connectivity index (χ1n) is 5.82. The van der Waals surface area contributed by atoms with Gasteiger partial charge in [0.1, 0.15) is 0 Å². The predicted molar refractivity (Wildman–Crippen MR) is 73.9 cm³/mol. The third-order valence-electron chi connectivity index (χ3n) is 2.79. The highest BCUT2D eigenvalue weighted by molar-refractivity contribution is 7.89. The van der Waals surface area contributed by atoms with Gasteiger partial charge in [0.15, 0.2) is 0 Å². The smallest absolute Gasteiger partial charge is 0.242 e. The summed E-state index contributed by atoms with van der Waals surface area (Å²) >= 11 is 0. The van der Waals surface area contributed by atoms with Gasteiger partial charge in [-0.1, -0.05) is 13.0 Å². The van der Waals surface area contributed by atoms with Crippen molar-refractivity contribution in [2.45, 2.75) is 11.8 Å². The zero-order chi connectivity index (χ0) is 14.6. The fraction of sp³-hybridized carbons (Fsp3) is 0.417. The average Bonchev–Trinajstić information content (AvgIpc) is 2.37. The summed E-state index contributed by atoms with van der Waals surface area (Å²) in [7, 11) is -0.663. The molecule has 1 aromatic carbocycles. The van der Waals surface area contributed by atoms with Crippen molar-refractivity contribution in [3.05, 3.63) is 24.3 Å². The first-order valence-corrected chi connectivity index (χ1v) is 7.26. The Labute approximate surface area is 113 Å². The van der Waals surface area contributed by atoms with Crippen LogP contribution in [-0.2, 0) is 14.8 Å². The van der Waals surface area contributed by atoms with Crippen molar-refractivity contribution in [2.75, 3.05) is 26.4 Å². The van der Waals surface area contributed by atoms with Crippen LogP contribution in [0.25, 0.3) is 0 Å². The van der Waals surface area contributed by atoms with Crippen LogP contribution < -0.4 is 11.1 Å². The minimum absolute atomic E-state index is 0.108. The van der Waals surface area contributed by atoms with Crippen LogP contribution in [0.4, 0.5) is 5.69 Å². The van der Waals surface area contributed by atoms with Gasteiger partial charge in [0.25, 0.3) is 0 Å². The van der Waals surface area contributed by atoms with Crippen LogP contribution in [0.3, 0.4) is 0 Å². The van der Waals surface area contributed by atoms with Gasteiger partial charge in [-0.05, 0) is 18.2 Å². The van der Waals surface area contributed by atoms with E-state index in [1.54, 1.807) is 19.1 Å². The fourth-order valence-electron chi connectivity index (χ4n) is 1.67. The summed E-state index contributed by atoms with van der Waals surface area (Å²) in [6.45, 7) is 1.78. The number of amides is 1. The largest absolute Gasteiger partial charge is 0.399 e. The topological polar surface area (TPSA) is 92.5 Å². The molecule has 1 atom stereocenters. The van der Waals surface area contributed by atoms with Gasteiger partial charge in [-0.25, -0.2) is 12.7 Å². The Balaban J connectivity index is 2.92. The average molecular weight is 285 g/mol. The molecule has 3 N–H and O–H groups in total. The van der Waals surface area contributed by atoms with Crippen molar-refractivity contribution < 1.29 is 13.2 Å². The number of nitrogens with two attached hydrogens (primary N) is 1. The van der Waals surface area contributed by atoms with Gasteiger partial charge in [0.05, 0.1) is 4.90 Å². The molecule has 0 saturated heterocycles. The van der Waals surface area contributed by atoms with Gasteiger partial charge in [-0.2, -0.15) is 0 Å². The lowest BCUT2D eigenvalue weighted by Crippen LogP contribution is -2.37. The first kappa shape index (κ1) is 15.5. The molecule has 0 aliphatic rings. The second-order valence-corrected chi connectivity index (χ2v) is 6.42. The number of carbonyl (C=O) groups is 1. The summed E-state index contributed by atoms with van der Waals surface area (Å²) < 4.78 is 25.7. The Hall–Kier alpha value is -1.60. The minimum Gasteiger partial charge on any atom is -0.399 e. The molecule has 0 radical (unpaired) electrons. The van der Waals surface area contributed by atoms with Crippen LogP contribution in [0.2, 0.25) is 0 Å². The first-order chi connectivity index (χ1) is 8.78. The maximum absolute atomic E-state index is 12.3. The maximum Gasteiger partial charge on any atom is 0.242 e. The number of sulfonamides is 1. The molecule has 1 aromatic rings. The molecule has 106 valence electrons. The molecule has 19 heavy (non-hydrogen) atoms. The number of hydrogen-bond acceptors (Lipinski definition) is 4. The van der Waals surface area contributed by atoms with Gasteiger partial charge >= 0.3 is 0 Å². The summed E-state index contributed by atoms with van der Waals surface area (Å²) in [6.07, 6.45) is 0. The molecule has 0 heterocycles. The van der Waals surface area contributed by atoms with Gasteiger partial charge in [-0.15, -0.1) is 0 Å². The number of benzene rings is 1. The molecule has 0 aliphatic carbocycles. The Morgan fingerprint density at radius 1 is 1.47 bits per heavy atom. The predicted octanol–water partition coefficient (Wildman–Crippen LogP) is 0.271. The van der Waals surface area contributed by atoms with E-state index in [0.717, 1.165) is 4.31 Å². The number of anilines is 1. The van der Waals surface area contributed by atoms with E-state index in [0.29, 0.717) is 5.69 Å². The molecule has 7 heteroatoms. The summed E-state index contributed by atoms with van der Waals surface area (Å²) in [5.74, 6) is -0.625. The number of hydrogen-bond donors (Lipinski definition) is 2. The Morgan fingerprint density at radius 2 is 2.11 bits per heavy atom. The summed E-state index contributed by atoms with van der Waals surface area (Å²) in [5, 5.41) is 2.49. The van der Waals surface area contributed by atoms with Gasteiger partial charge in [0.2, 0.25) is 15.9 Å². The molecule has 0 fully saturated rings. The summed E-state index contributed by atoms with van der Waals surface area (Å²) in [4.78, 5) is 11.5. The molecule has 0 aliphatic heterocycles. The molecule has 0 saturated carbocycles. The van der Waals surface area contributed by atoms with Crippen molar-refractivity contribution >= 4 is 21.6 Å². The van der Waals surface area contributed by atoms with Gasteiger partial charge in [-0.3, -0.25) is 4.79 Å². The zero-order valence-corrected chi connectivity index (χ0v) is 12.1. The van der Waals surface area contributed by atoms with Gasteiger partial charge in [0, 0.05) is 32.2 Å². The quantitative estimate of drug-likeness (QED) is 0.760. The number of nitrogen functional groups attached to an aromatic ring is 1. The molecular formula is C12H19N3O3S. The molecule has 6 nitrogen and oxygen atoms in total. The highest BCUT2D eigenvalue weighted by atomic mass is 32.2. The van der Waals surface area contributed by atoms with E-state index in [-0.39, 0.29) is 17.3 Å². The molecular weight excluding hydrogens is 266 g/mol. The molecule has 1 amide bonds. The van der Waals surface area contributed by atoms with Crippen molar-refractivity contribution in [1.82, 2.24) is 9.62 Å². The van der Waals surface area contributed by atoms with Crippen LogP contribution in [0, 0.1) is 5.92 Å². The van der Waals surface area contributed by atoms with E-state index in [2.05, 4.69) is 5.32 Å². The number of nitrogens with zero attached hydrogens (tertiary/aromatic N) is 1. The minimum atomic E-state index is -3.62. The molecule has 0 bridgehead atoms. The van der Waals surface area contributed by atoms with E-state index < -0.39 is 15.9 Å². The van der Waals surface area contributed by atoms with E-state index in [1.807, 2.05) is 0 Å². The third kappa shape index (κ3) is 3.68. The maximum atomic E-state index is 12.3. The molecule has 0 spiro atoms. The second kappa shape index (κ2) is 6.03. The Morgan fingerprint density at radius 3 is 2.63 bits per heavy atom. The lowest BCUT2D eigenvalue weighted by Gasteiger charge is -2.20. The van der Waals surface area contributed by atoms with Crippen molar-refractivity contribution in [1.29, 1.82) is 0 Å². The van der Waals surface area contributed by atoms with Crippen molar-refractivity contribution in [3.63, 3.8) is 0 Å². The van der Waals surface area contributed by atoms with Crippen LogP contribution in [0.1, 0.15) is 6.92 Å². The van der Waals surface area contributed by atoms with Crippen molar-refractivity contribution in [3.8, 4) is 0 Å². The highest BCUT2D eigenvalue weighted by Gasteiger charge is 2.24. The molecule has 1 rings (SSSR count). The Bertz CT molecular complexity index is 557. The second-order valence-electron chi connectivity index (χ2n) is 4.37. The van der Waals surface area contributed by atoms with E-state index in [9.17, 15) is 13.2 Å². The zero-order valence-electron chi connectivity index (χ0n) is 11.3. The van der Waals surface area contributed by atoms with Crippen LogP contribution in [0.15, 0.2) is 29.2 Å². The number of rotatable bonds is 5. The van der Waals surface area contributed by atoms with Crippen LogP contribution >= 0.6 is 0 Å². The summed E-state index contributed by atoms with van der Waals surface area (Å²) in [5.41, 5.74) is 5.96. The fourth-order valence-corrected chi connectivity index (χ4v) is 2.98. The lowest BCUT2D eigenvalue weighted by atomic mass is 10.2. The van der Waals surface area contributed by atoms with E-state index in [1.165, 1.54) is 26.2 Å². The van der Waals surface area contributed by atoms with Crippen LogP contribution in [-0.4, -0.2) is 39.3 Å². The lowest BCUT2D eigenvalue weighted by molar-refractivity contribution is -0.124. The molecule has 0 aromatic heterocycles. The van der Waals surface area contributed by atoms with Crippen molar-refractivity contribution in [2.24, 2.45) is 5.92 Å². The third-order valence-corrected chi connectivity index (χ3v) is 4.61. The molecule has 1 unspecified atom stereocenters. The normalized spacial score (nSPS) is 13.3. The highest BCUT2D eigenvalue weighted by Crippen LogP contribution is 2.17. The summed E-state index contributed by atoms with van der Waals surface area (Å²) in [6, 6.07) is 6.08. The number of nitrogens with one attached hydrogen (secondary N) is 1. The van der Waals surface area contributed by atoms with Gasteiger partial charge < -0.3 is 11.1 Å². The Kier molecular flexibility index (Phi) is 4.90. The van der Waals surface area contributed by atoms with E-state index in [4.69, 9.17) is 5.73 Å². The van der Waals surface area contributed by atoms with Crippen LogP contribution in [0.5, 0.6) is 0 Å². The number of carbonyl (C=O) groups excluding carboxylic acids is 1. The standard InChI is InChI=1S/C12H19N3O3S/c1-9(12(16)14-2)8-15(3)19(17,18)11-6-4-5-10(13)7-11/h4-7,9H,8,13H2,1-3H3,(H,14,16).